The molecule has 0 aliphatic heterocycles. The predicted octanol–water partition coefficient (Wildman–Crippen LogP) is 3.95. The molecule has 0 heterocycles. The lowest BCUT2D eigenvalue weighted by Gasteiger charge is -2.22. The number of benzene rings is 1. The fraction of sp³-hybridized carbons (Fsp3) is 0.462. The van der Waals surface area contributed by atoms with Gasteiger partial charge in [0.15, 0.2) is 0 Å². The summed E-state index contributed by atoms with van der Waals surface area (Å²) < 4.78 is 22.6. The van der Waals surface area contributed by atoms with Crippen LogP contribution in [0.25, 0.3) is 0 Å². The van der Waals surface area contributed by atoms with Gasteiger partial charge in [0.1, 0.15) is 0 Å². The third-order valence-electron chi connectivity index (χ3n) is 3.28. The van der Waals surface area contributed by atoms with E-state index >= 15 is 0 Å². The van der Waals surface area contributed by atoms with Gasteiger partial charge in [0.2, 0.25) is 5.91 Å². The minimum absolute atomic E-state index is 0.0885. The third-order valence-corrected chi connectivity index (χ3v) is 4.91. The molecule has 0 bridgehead atoms. The van der Waals surface area contributed by atoms with Crippen LogP contribution in [0.2, 0.25) is 5.02 Å². The summed E-state index contributed by atoms with van der Waals surface area (Å²) in [6, 6.07) is 2.61. The Kier molecular flexibility index (Phi) is 5.11. The lowest BCUT2D eigenvalue weighted by molar-refractivity contribution is -0.124. The van der Waals surface area contributed by atoms with Crippen molar-refractivity contribution in [1.29, 1.82) is 0 Å². The molecule has 0 unspecified atom stereocenters. The van der Waals surface area contributed by atoms with Crippen LogP contribution in [0.4, 0.5) is 5.69 Å². The van der Waals surface area contributed by atoms with E-state index < -0.39 is 14.5 Å². The Hall–Kier alpha value is -0.780. The molecule has 112 valence electrons. The highest BCUT2D eigenvalue weighted by molar-refractivity contribution is 8.13. The molecule has 20 heavy (non-hydrogen) atoms. The van der Waals surface area contributed by atoms with Gasteiger partial charge in [-0.25, -0.2) is 8.42 Å². The summed E-state index contributed by atoms with van der Waals surface area (Å²) in [7, 11) is 1.43. The molecule has 0 aromatic heterocycles. The zero-order valence-electron chi connectivity index (χ0n) is 11.8. The number of nitrogens with one attached hydrogen (secondary N) is 1. The first kappa shape index (κ1) is 17.3. The quantitative estimate of drug-likeness (QED) is 0.846. The molecule has 0 aliphatic rings. The molecule has 0 atom stereocenters. The van der Waals surface area contributed by atoms with Gasteiger partial charge >= 0.3 is 0 Å². The summed E-state index contributed by atoms with van der Waals surface area (Å²) in [6.07, 6.45) is 0.670. The van der Waals surface area contributed by atoms with E-state index in [2.05, 4.69) is 5.32 Å². The summed E-state index contributed by atoms with van der Waals surface area (Å²) in [5, 5.41) is 2.88. The molecule has 0 saturated carbocycles. The Labute approximate surface area is 128 Å². The number of rotatable bonds is 4. The summed E-state index contributed by atoms with van der Waals surface area (Å²) in [5.74, 6) is -0.175. The van der Waals surface area contributed by atoms with Crippen LogP contribution < -0.4 is 5.32 Å². The van der Waals surface area contributed by atoms with E-state index in [1.54, 1.807) is 6.92 Å². The smallest absolute Gasteiger partial charge is 0.261 e. The first-order valence-electron chi connectivity index (χ1n) is 6.05. The van der Waals surface area contributed by atoms with Crippen molar-refractivity contribution in [3.8, 4) is 0 Å². The van der Waals surface area contributed by atoms with Gasteiger partial charge in [-0.2, -0.15) is 0 Å². The highest BCUT2D eigenvalue weighted by Crippen LogP contribution is 2.32. The number of anilines is 1. The molecule has 1 aromatic rings. The fourth-order valence-corrected chi connectivity index (χ4v) is 2.68. The Balaban J connectivity index is 3.20. The Morgan fingerprint density at radius 3 is 2.30 bits per heavy atom. The largest absolute Gasteiger partial charge is 0.324 e. The van der Waals surface area contributed by atoms with Crippen LogP contribution in [0.1, 0.15) is 32.8 Å². The van der Waals surface area contributed by atoms with Gasteiger partial charge in [0.05, 0.1) is 15.6 Å². The molecule has 0 fully saturated rings. The molecule has 0 aliphatic carbocycles. The first-order chi connectivity index (χ1) is 8.99. The van der Waals surface area contributed by atoms with Gasteiger partial charge in [0, 0.05) is 16.1 Å². The maximum Gasteiger partial charge on any atom is 0.261 e. The maximum atomic E-state index is 12.1. The molecule has 1 aromatic carbocycles. The van der Waals surface area contributed by atoms with Gasteiger partial charge in [-0.3, -0.25) is 4.79 Å². The van der Waals surface area contributed by atoms with Crippen molar-refractivity contribution in [2.45, 2.75) is 39.0 Å². The van der Waals surface area contributed by atoms with Crippen molar-refractivity contribution in [1.82, 2.24) is 0 Å². The van der Waals surface area contributed by atoms with Crippen LogP contribution in [0.5, 0.6) is 0 Å². The van der Waals surface area contributed by atoms with Crippen LogP contribution in [-0.4, -0.2) is 14.3 Å². The number of carbonyl (C=O) groups excluding carboxylic acids is 1. The van der Waals surface area contributed by atoms with Gasteiger partial charge < -0.3 is 5.32 Å². The molecule has 1 amide bonds. The van der Waals surface area contributed by atoms with Gasteiger partial charge in [-0.1, -0.05) is 32.4 Å². The molecular formula is C13H17Cl2NO3S. The Morgan fingerprint density at radius 1 is 1.35 bits per heavy atom. The average Bonchev–Trinajstić information content (AvgIpc) is 2.31. The SMILES string of the molecule is CCC(C)(C)C(=O)Nc1c(C)cc(S(=O)(=O)Cl)cc1Cl. The van der Waals surface area contributed by atoms with Gasteiger partial charge in [-0.05, 0) is 31.0 Å². The topological polar surface area (TPSA) is 63.2 Å². The minimum Gasteiger partial charge on any atom is -0.324 e. The molecule has 0 spiro atoms. The van der Waals surface area contributed by atoms with E-state index in [1.807, 2.05) is 20.8 Å². The molecule has 1 N–H and O–H groups in total. The van der Waals surface area contributed by atoms with Crippen LogP contribution in [0, 0.1) is 12.3 Å². The summed E-state index contributed by atoms with van der Waals surface area (Å²) in [5.41, 5.74) is 0.409. The van der Waals surface area contributed by atoms with Crippen molar-refractivity contribution in [3.63, 3.8) is 0 Å². The molecule has 4 nitrogen and oxygen atoms in total. The number of aryl methyl sites for hydroxylation is 1. The van der Waals surface area contributed by atoms with E-state index in [4.69, 9.17) is 22.3 Å². The Morgan fingerprint density at radius 2 is 1.90 bits per heavy atom. The maximum absolute atomic E-state index is 12.1. The van der Waals surface area contributed by atoms with Crippen LogP contribution in [-0.2, 0) is 13.8 Å². The van der Waals surface area contributed by atoms with E-state index in [1.165, 1.54) is 12.1 Å². The second-order valence-electron chi connectivity index (χ2n) is 5.23. The van der Waals surface area contributed by atoms with Crippen molar-refractivity contribution in [2.24, 2.45) is 5.41 Å². The lowest BCUT2D eigenvalue weighted by atomic mass is 9.89. The molecule has 7 heteroatoms. The number of halogens is 2. The van der Waals surface area contributed by atoms with Crippen molar-refractivity contribution >= 4 is 42.9 Å². The summed E-state index contributed by atoms with van der Waals surface area (Å²) in [4.78, 5) is 12.0. The molecule has 1 rings (SSSR count). The lowest BCUT2D eigenvalue weighted by Crippen LogP contribution is -2.30. The van der Waals surface area contributed by atoms with Crippen LogP contribution in [0.15, 0.2) is 17.0 Å². The first-order valence-corrected chi connectivity index (χ1v) is 8.74. The van der Waals surface area contributed by atoms with Crippen molar-refractivity contribution in [2.75, 3.05) is 5.32 Å². The van der Waals surface area contributed by atoms with E-state index in [9.17, 15) is 13.2 Å². The monoisotopic (exact) mass is 337 g/mol. The second kappa shape index (κ2) is 5.92. The summed E-state index contributed by atoms with van der Waals surface area (Å²) >= 11 is 6.04. The highest BCUT2D eigenvalue weighted by Gasteiger charge is 2.26. The van der Waals surface area contributed by atoms with E-state index in [0.717, 1.165) is 0 Å². The Bertz CT molecular complexity index is 616. The van der Waals surface area contributed by atoms with Gasteiger partial charge in [-0.15, -0.1) is 0 Å². The number of hydrogen-bond donors (Lipinski definition) is 1. The van der Waals surface area contributed by atoms with Crippen LogP contribution >= 0.6 is 22.3 Å². The standard InChI is InChI=1S/C13H17Cl2NO3S/c1-5-13(3,4)12(17)16-11-8(2)6-9(7-10(11)14)20(15,18)19/h6-7H,5H2,1-4H3,(H,16,17). The molecule has 0 saturated heterocycles. The second-order valence-corrected chi connectivity index (χ2v) is 8.20. The molecular weight excluding hydrogens is 321 g/mol. The zero-order chi connectivity index (χ0) is 15.7. The normalized spacial score (nSPS) is 12.3. The van der Waals surface area contributed by atoms with Gasteiger partial charge in [0.25, 0.3) is 9.05 Å². The van der Waals surface area contributed by atoms with Crippen molar-refractivity contribution in [3.05, 3.63) is 22.7 Å². The van der Waals surface area contributed by atoms with E-state index in [-0.39, 0.29) is 15.8 Å². The summed E-state index contributed by atoms with van der Waals surface area (Å²) in [6.45, 7) is 7.22. The van der Waals surface area contributed by atoms with E-state index in [0.29, 0.717) is 17.7 Å². The number of amides is 1. The fourth-order valence-electron chi connectivity index (χ4n) is 1.45. The highest BCUT2D eigenvalue weighted by atomic mass is 35.7. The molecule has 0 radical (unpaired) electrons. The van der Waals surface area contributed by atoms with Crippen LogP contribution in [0.3, 0.4) is 0 Å². The average molecular weight is 338 g/mol. The third kappa shape index (κ3) is 3.87. The minimum atomic E-state index is -3.85. The number of hydrogen-bond acceptors (Lipinski definition) is 3. The zero-order valence-corrected chi connectivity index (χ0v) is 14.1. The predicted molar refractivity (Wildman–Crippen MR) is 81.9 cm³/mol. The van der Waals surface area contributed by atoms with Crippen molar-refractivity contribution < 1.29 is 13.2 Å². The number of carbonyl (C=O) groups is 1.